The molecule has 2 aromatic rings. The van der Waals surface area contributed by atoms with Crippen LogP contribution in [0, 0.1) is 13.8 Å². The SMILES string of the molecule is CCn1c(C)c(C(=O)C(C)N(CCCOC)C(=O)c2cccs2)c(C)c1C(=O)OC. The molecule has 0 radical (unpaired) electrons. The van der Waals surface area contributed by atoms with Crippen molar-refractivity contribution in [1.82, 2.24) is 9.47 Å². The summed E-state index contributed by atoms with van der Waals surface area (Å²) in [7, 11) is 2.93. The van der Waals surface area contributed by atoms with Crippen LogP contribution in [0.15, 0.2) is 17.5 Å². The van der Waals surface area contributed by atoms with Crippen LogP contribution in [0.4, 0.5) is 0 Å². The van der Waals surface area contributed by atoms with Crippen molar-refractivity contribution in [3.05, 3.63) is 44.9 Å². The van der Waals surface area contributed by atoms with E-state index >= 15 is 0 Å². The summed E-state index contributed by atoms with van der Waals surface area (Å²) in [5, 5.41) is 1.84. The lowest BCUT2D eigenvalue weighted by Crippen LogP contribution is -2.44. The lowest BCUT2D eigenvalue weighted by atomic mass is 9.99. The fraction of sp³-hybridized carbons (Fsp3) is 0.500. The molecule has 0 fully saturated rings. The van der Waals surface area contributed by atoms with E-state index in [1.165, 1.54) is 18.4 Å². The normalized spacial score (nSPS) is 11.9. The standard InChI is InChI=1S/C22H30N2O5S/c1-7-23-15(3)18(14(2)19(23)22(27)29-6)20(25)16(4)24(11-9-12-28-5)21(26)17-10-8-13-30-17/h8,10,13,16H,7,9,11-12H2,1-6H3. The zero-order valence-corrected chi connectivity index (χ0v) is 19.3. The number of nitrogens with zero attached hydrogens (tertiary/aromatic N) is 2. The van der Waals surface area contributed by atoms with Crippen LogP contribution in [0.1, 0.15) is 62.0 Å². The van der Waals surface area contributed by atoms with Crippen LogP contribution in [-0.2, 0) is 16.0 Å². The molecule has 0 saturated heterocycles. The molecule has 0 aliphatic rings. The highest BCUT2D eigenvalue weighted by Crippen LogP contribution is 2.26. The van der Waals surface area contributed by atoms with Gasteiger partial charge in [0.1, 0.15) is 5.69 Å². The number of ether oxygens (including phenoxy) is 2. The van der Waals surface area contributed by atoms with Gasteiger partial charge in [-0.2, -0.15) is 0 Å². The number of carbonyl (C=O) groups excluding carboxylic acids is 3. The Balaban J connectivity index is 2.44. The molecule has 0 saturated carbocycles. The number of esters is 1. The fourth-order valence-electron chi connectivity index (χ4n) is 3.76. The minimum atomic E-state index is -0.688. The number of ketones is 1. The zero-order valence-electron chi connectivity index (χ0n) is 18.5. The van der Waals surface area contributed by atoms with Crippen LogP contribution >= 0.6 is 11.3 Å². The smallest absolute Gasteiger partial charge is 0.354 e. The topological polar surface area (TPSA) is 77.8 Å². The van der Waals surface area contributed by atoms with Gasteiger partial charge < -0.3 is 18.9 Å². The number of hydrogen-bond donors (Lipinski definition) is 0. The van der Waals surface area contributed by atoms with Crippen molar-refractivity contribution >= 4 is 29.0 Å². The third kappa shape index (κ3) is 4.65. The van der Waals surface area contributed by atoms with Crippen molar-refractivity contribution in [2.24, 2.45) is 0 Å². The third-order valence-corrected chi connectivity index (χ3v) is 6.15. The van der Waals surface area contributed by atoms with Crippen molar-refractivity contribution in [2.45, 2.75) is 46.7 Å². The lowest BCUT2D eigenvalue weighted by Gasteiger charge is -2.28. The highest BCUT2D eigenvalue weighted by atomic mass is 32.1. The molecule has 8 heteroatoms. The van der Waals surface area contributed by atoms with Gasteiger partial charge in [0, 0.05) is 38.1 Å². The van der Waals surface area contributed by atoms with E-state index < -0.39 is 12.0 Å². The van der Waals surface area contributed by atoms with Gasteiger partial charge in [-0.05, 0) is 51.1 Å². The van der Waals surface area contributed by atoms with Gasteiger partial charge in [-0.15, -0.1) is 11.3 Å². The Bertz CT molecular complexity index is 901. The van der Waals surface area contributed by atoms with Crippen molar-refractivity contribution in [2.75, 3.05) is 27.4 Å². The fourth-order valence-corrected chi connectivity index (χ4v) is 4.43. The van der Waals surface area contributed by atoms with Crippen LogP contribution in [0.5, 0.6) is 0 Å². The number of aromatic nitrogens is 1. The number of amides is 1. The predicted octanol–water partition coefficient (Wildman–Crippen LogP) is 3.72. The first-order valence-corrected chi connectivity index (χ1v) is 10.8. The molecule has 0 aliphatic carbocycles. The molecule has 2 aromatic heterocycles. The van der Waals surface area contributed by atoms with Gasteiger partial charge in [0.25, 0.3) is 5.91 Å². The lowest BCUT2D eigenvalue weighted by molar-refractivity contribution is 0.0586. The predicted molar refractivity (Wildman–Crippen MR) is 117 cm³/mol. The van der Waals surface area contributed by atoms with E-state index in [0.717, 1.165) is 0 Å². The third-order valence-electron chi connectivity index (χ3n) is 5.30. The molecular weight excluding hydrogens is 404 g/mol. The molecule has 7 nitrogen and oxygen atoms in total. The summed E-state index contributed by atoms with van der Waals surface area (Å²) in [5.41, 5.74) is 2.13. The summed E-state index contributed by atoms with van der Waals surface area (Å²) in [6.45, 7) is 8.64. The molecule has 0 spiro atoms. The van der Waals surface area contributed by atoms with Crippen LogP contribution in [-0.4, -0.2) is 60.5 Å². The van der Waals surface area contributed by atoms with E-state index in [2.05, 4.69) is 0 Å². The Labute approximate surface area is 181 Å². The van der Waals surface area contributed by atoms with Crippen LogP contribution < -0.4 is 0 Å². The number of rotatable bonds is 10. The maximum atomic E-state index is 13.5. The molecule has 30 heavy (non-hydrogen) atoms. The molecule has 1 atom stereocenters. The van der Waals surface area contributed by atoms with Gasteiger partial charge in [-0.1, -0.05) is 6.07 Å². The van der Waals surface area contributed by atoms with Crippen molar-refractivity contribution < 1.29 is 23.9 Å². The highest BCUT2D eigenvalue weighted by Gasteiger charge is 2.33. The van der Waals surface area contributed by atoms with E-state index in [1.807, 2.05) is 25.3 Å². The number of Topliss-reactive ketones (excluding diaryl/α,β-unsaturated/α-hetero) is 1. The molecule has 164 valence electrons. The number of hydrogen-bond acceptors (Lipinski definition) is 6. The zero-order chi connectivity index (χ0) is 22.4. The van der Waals surface area contributed by atoms with Gasteiger partial charge in [0.2, 0.25) is 0 Å². The Morgan fingerprint density at radius 2 is 1.93 bits per heavy atom. The summed E-state index contributed by atoms with van der Waals surface area (Å²) < 4.78 is 11.8. The largest absolute Gasteiger partial charge is 0.464 e. The summed E-state index contributed by atoms with van der Waals surface area (Å²) in [5.74, 6) is -0.846. The first-order valence-electron chi connectivity index (χ1n) is 9.95. The second kappa shape index (κ2) is 10.5. The first kappa shape index (κ1) is 23.8. The van der Waals surface area contributed by atoms with E-state index in [9.17, 15) is 14.4 Å². The Morgan fingerprint density at radius 3 is 2.47 bits per heavy atom. The van der Waals surface area contributed by atoms with E-state index in [4.69, 9.17) is 9.47 Å². The molecule has 1 amide bonds. The number of thiophene rings is 1. The monoisotopic (exact) mass is 434 g/mol. The molecule has 0 bridgehead atoms. The van der Waals surface area contributed by atoms with Crippen LogP contribution in [0.25, 0.3) is 0 Å². The molecule has 1 unspecified atom stereocenters. The van der Waals surface area contributed by atoms with E-state index in [1.54, 1.807) is 36.5 Å². The average molecular weight is 435 g/mol. The van der Waals surface area contributed by atoms with Crippen LogP contribution in [0.3, 0.4) is 0 Å². The second-order valence-electron chi connectivity index (χ2n) is 7.03. The number of carbonyl (C=O) groups is 3. The van der Waals surface area contributed by atoms with Gasteiger partial charge in [-0.3, -0.25) is 9.59 Å². The molecule has 0 aliphatic heterocycles. The first-order chi connectivity index (χ1) is 14.3. The molecule has 0 aromatic carbocycles. The van der Waals surface area contributed by atoms with Crippen molar-refractivity contribution in [3.8, 4) is 0 Å². The minimum absolute atomic E-state index is 0.180. The molecular formula is C22H30N2O5S. The van der Waals surface area contributed by atoms with Gasteiger partial charge in [-0.25, -0.2) is 4.79 Å². The van der Waals surface area contributed by atoms with Gasteiger partial charge in [0.15, 0.2) is 5.78 Å². The number of methoxy groups -OCH3 is 2. The summed E-state index contributed by atoms with van der Waals surface area (Å²) in [6, 6.07) is 2.88. The van der Waals surface area contributed by atoms with E-state index in [-0.39, 0.29) is 11.7 Å². The summed E-state index contributed by atoms with van der Waals surface area (Å²) in [6.07, 6.45) is 0.618. The second-order valence-corrected chi connectivity index (χ2v) is 7.98. The molecule has 2 heterocycles. The van der Waals surface area contributed by atoms with Crippen LogP contribution in [0.2, 0.25) is 0 Å². The highest BCUT2D eigenvalue weighted by molar-refractivity contribution is 7.12. The Morgan fingerprint density at radius 1 is 1.23 bits per heavy atom. The van der Waals surface area contributed by atoms with Crippen molar-refractivity contribution in [3.63, 3.8) is 0 Å². The minimum Gasteiger partial charge on any atom is -0.464 e. The Kier molecular flexibility index (Phi) is 8.37. The molecule has 0 N–H and O–H groups in total. The van der Waals surface area contributed by atoms with Gasteiger partial charge in [0.05, 0.1) is 18.0 Å². The maximum absolute atomic E-state index is 13.5. The maximum Gasteiger partial charge on any atom is 0.354 e. The quantitative estimate of drug-likeness (QED) is 0.324. The summed E-state index contributed by atoms with van der Waals surface area (Å²) in [4.78, 5) is 41.1. The van der Waals surface area contributed by atoms with Gasteiger partial charge >= 0.3 is 5.97 Å². The van der Waals surface area contributed by atoms with E-state index in [0.29, 0.717) is 53.5 Å². The molecule has 2 rings (SSSR count). The Hall–Kier alpha value is -2.45. The average Bonchev–Trinajstić information content (AvgIpc) is 3.35. The van der Waals surface area contributed by atoms with Crippen molar-refractivity contribution in [1.29, 1.82) is 0 Å². The summed E-state index contributed by atoms with van der Waals surface area (Å²) >= 11 is 1.35.